The second kappa shape index (κ2) is 15.3. The number of nitrogens with zero attached hydrogens (tertiary/aromatic N) is 4. The molecule has 12 aromatic rings. The van der Waals surface area contributed by atoms with Crippen LogP contribution >= 0.6 is 0 Å². The van der Waals surface area contributed by atoms with Gasteiger partial charge in [-0.25, -0.2) is 0 Å². The fourth-order valence-corrected chi connectivity index (χ4v) is 9.59. The van der Waals surface area contributed by atoms with Crippen molar-refractivity contribution in [2.75, 3.05) is 0 Å². The standard InChI is InChI=1S/C60H38N4/c61-39-54-59(63-55-33-45(40-13-5-1-6-14-40)21-25-50(55)51-26-22-46(34-56(51)63)41-15-7-2-8-16-41)37-49(44-29-31-62-32-30-44)38-60(54)64-57-35-47(42-17-9-3-10-18-42)23-27-52(57)53-28-24-48(36-58(53)64)43-19-11-4-12-20-43/h1-38H. The zero-order chi connectivity index (χ0) is 42.6. The highest BCUT2D eigenvalue weighted by Gasteiger charge is 2.24. The van der Waals surface area contributed by atoms with Crippen LogP contribution in [0.25, 0.3) is 111 Å². The summed E-state index contributed by atoms with van der Waals surface area (Å²) in [5.74, 6) is 0. The Morgan fingerprint density at radius 2 is 0.594 bits per heavy atom. The summed E-state index contributed by atoms with van der Waals surface area (Å²) in [6.07, 6.45) is 3.68. The summed E-state index contributed by atoms with van der Waals surface area (Å²) in [4.78, 5) is 4.40. The smallest absolute Gasteiger partial charge is 0.104 e. The van der Waals surface area contributed by atoms with Crippen molar-refractivity contribution in [3.8, 4) is 73.1 Å². The average Bonchev–Trinajstić information content (AvgIpc) is 3.88. The summed E-state index contributed by atoms with van der Waals surface area (Å²) < 4.78 is 4.66. The Morgan fingerprint density at radius 3 is 0.891 bits per heavy atom. The van der Waals surface area contributed by atoms with E-state index >= 15 is 0 Å². The molecule has 0 saturated carbocycles. The van der Waals surface area contributed by atoms with Crippen LogP contribution in [-0.2, 0) is 0 Å². The zero-order valence-electron chi connectivity index (χ0n) is 34.7. The van der Waals surface area contributed by atoms with Gasteiger partial charge in [-0.2, -0.15) is 5.26 Å². The van der Waals surface area contributed by atoms with E-state index in [0.29, 0.717) is 5.56 Å². The number of nitriles is 1. The molecule has 4 heteroatoms. The van der Waals surface area contributed by atoms with Gasteiger partial charge in [0.2, 0.25) is 0 Å². The van der Waals surface area contributed by atoms with Gasteiger partial charge in [-0.3, -0.25) is 4.98 Å². The molecule has 3 heterocycles. The third-order valence-electron chi connectivity index (χ3n) is 12.7. The first kappa shape index (κ1) is 37.0. The van der Waals surface area contributed by atoms with E-state index in [1.165, 1.54) is 0 Å². The van der Waals surface area contributed by atoms with Crippen LogP contribution in [0.1, 0.15) is 5.56 Å². The van der Waals surface area contributed by atoms with Gasteiger partial charge in [-0.05, 0) is 104 Å². The van der Waals surface area contributed by atoms with Crippen molar-refractivity contribution in [3.05, 3.63) is 236 Å². The first-order valence-corrected chi connectivity index (χ1v) is 21.6. The van der Waals surface area contributed by atoms with Gasteiger partial charge in [0.1, 0.15) is 11.6 Å². The molecule has 12 rings (SSSR count). The Hall–Kier alpha value is -8.78. The van der Waals surface area contributed by atoms with E-state index in [0.717, 1.165) is 111 Å². The Bertz CT molecular complexity index is 3340. The number of benzene rings is 9. The summed E-state index contributed by atoms with van der Waals surface area (Å²) in [5.41, 5.74) is 17.2. The summed E-state index contributed by atoms with van der Waals surface area (Å²) in [5, 5.41) is 16.3. The fraction of sp³-hybridized carbons (Fsp3) is 0. The molecule has 0 aliphatic heterocycles. The van der Waals surface area contributed by atoms with E-state index in [1.54, 1.807) is 0 Å². The van der Waals surface area contributed by atoms with Crippen molar-refractivity contribution in [2.24, 2.45) is 0 Å². The van der Waals surface area contributed by atoms with Gasteiger partial charge >= 0.3 is 0 Å². The minimum absolute atomic E-state index is 0.570. The van der Waals surface area contributed by atoms with Gasteiger partial charge in [0.25, 0.3) is 0 Å². The summed E-state index contributed by atoms with van der Waals surface area (Å²) in [6.45, 7) is 0. The highest BCUT2D eigenvalue weighted by molar-refractivity contribution is 6.13. The highest BCUT2D eigenvalue weighted by Crippen LogP contribution is 2.43. The zero-order valence-corrected chi connectivity index (χ0v) is 34.7. The van der Waals surface area contributed by atoms with Crippen molar-refractivity contribution < 1.29 is 0 Å². The summed E-state index contributed by atoms with van der Waals surface area (Å²) >= 11 is 0. The largest absolute Gasteiger partial charge is 0.308 e. The molecule has 0 atom stereocenters. The van der Waals surface area contributed by atoms with Crippen LogP contribution in [0, 0.1) is 11.3 Å². The molecule has 0 fully saturated rings. The molecule has 64 heavy (non-hydrogen) atoms. The number of pyridine rings is 1. The first-order valence-electron chi connectivity index (χ1n) is 21.6. The third kappa shape index (κ3) is 6.18. The van der Waals surface area contributed by atoms with Gasteiger partial charge in [-0.1, -0.05) is 170 Å². The molecule has 0 bridgehead atoms. The van der Waals surface area contributed by atoms with Gasteiger partial charge in [-0.15, -0.1) is 0 Å². The summed E-state index contributed by atoms with van der Waals surface area (Å²) in [6, 6.07) is 80.3. The Balaban J connectivity index is 1.23. The monoisotopic (exact) mass is 814 g/mol. The molecule has 0 saturated heterocycles. The maximum absolute atomic E-state index is 11.8. The van der Waals surface area contributed by atoms with E-state index in [9.17, 15) is 5.26 Å². The van der Waals surface area contributed by atoms with Gasteiger partial charge < -0.3 is 9.13 Å². The molecule has 0 N–H and O–H groups in total. The van der Waals surface area contributed by atoms with Crippen molar-refractivity contribution in [3.63, 3.8) is 0 Å². The van der Waals surface area contributed by atoms with Gasteiger partial charge in [0.05, 0.1) is 33.4 Å². The third-order valence-corrected chi connectivity index (χ3v) is 12.7. The van der Waals surface area contributed by atoms with Crippen LogP contribution in [0.5, 0.6) is 0 Å². The van der Waals surface area contributed by atoms with E-state index in [1.807, 2.05) is 12.4 Å². The molecule has 0 aliphatic rings. The van der Waals surface area contributed by atoms with Crippen molar-refractivity contribution >= 4 is 43.6 Å². The normalized spacial score (nSPS) is 11.4. The second-order valence-corrected chi connectivity index (χ2v) is 16.3. The number of aromatic nitrogens is 3. The molecule has 3 aromatic heterocycles. The van der Waals surface area contributed by atoms with Crippen molar-refractivity contribution in [1.82, 2.24) is 14.1 Å². The quantitative estimate of drug-likeness (QED) is 0.161. The average molecular weight is 815 g/mol. The van der Waals surface area contributed by atoms with Gasteiger partial charge in [0, 0.05) is 33.9 Å². The van der Waals surface area contributed by atoms with Crippen molar-refractivity contribution in [2.45, 2.75) is 0 Å². The van der Waals surface area contributed by atoms with Crippen LogP contribution in [0.3, 0.4) is 0 Å². The molecule has 0 amide bonds. The van der Waals surface area contributed by atoms with E-state index in [4.69, 9.17) is 0 Å². The van der Waals surface area contributed by atoms with Crippen LogP contribution in [0.4, 0.5) is 0 Å². The number of fused-ring (bicyclic) bond motifs is 6. The molecule has 298 valence electrons. The number of hydrogen-bond acceptors (Lipinski definition) is 2. The Kier molecular flexibility index (Phi) is 8.84. The highest BCUT2D eigenvalue weighted by atomic mass is 15.0. The fourth-order valence-electron chi connectivity index (χ4n) is 9.59. The SMILES string of the molecule is N#Cc1c(-n2c3cc(-c4ccccc4)ccc3c3ccc(-c4ccccc4)cc32)cc(-c2ccncc2)cc1-n1c2cc(-c3ccccc3)ccc2c2ccc(-c3ccccc3)cc21. The lowest BCUT2D eigenvalue weighted by Crippen LogP contribution is -2.05. The second-order valence-electron chi connectivity index (χ2n) is 16.3. The minimum Gasteiger partial charge on any atom is -0.308 e. The lowest BCUT2D eigenvalue weighted by Gasteiger charge is -2.19. The van der Waals surface area contributed by atoms with Crippen LogP contribution < -0.4 is 0 Å². The van der Waals surface area contributed by atoms with Crippen molar-refractivity contribution in [1.29, 1.82) is 5.26 Å². The van der Waals surface area contributed by atoms with Gasteiger partial charge in [0.15, 0.2) is 0 Å². The summed E-state index contributed by atoms with van der Waals surface area (Å²) in [7, 11) is 0. The minimum atomic E-state index is 0.570. The Labute approximate surface area is 370 Å². The van der Waals surface area contributed by atoms with Crippen LogP contribution in [0.15, 0.2) is 231 Å². The molecule has 0 unspecified atom stereocenters. The lowest BCUT2D eigenvalue weighted by atomic mass is 10.00. The number of hydrogen-bond donors (Lipinski definition) is 0. The van der Waals surface area contributed by atoms with Crippen LogP contribution in [0.2, 0.25) is 0 Å². The predicted octanol–water partition coefficient (Wildman–Crippen LogP) is 15.5. The van der Waals surface area contributed by atoms with Crippen LogP contribution in [-0.4, -0.2) is 14.1 Å². The molecular weight excluding hydrogens is 777 g/mol. The maximum atomic E-state index is 11.8. The number of rotatable bonds is 7. The predicted molar refractivity (Wildman–Crippen MR) is 265 cm³/mol. The molecule has 0 spiro atoms. The lowest BCUT2D eigenvalue weighted by molar-refractivity contribution is 1.12. The molecule has 0 radical (unpaired) electrons. The molecule has 0 aliphatic carbocycles. The molecule has 9 aromatic carbocycles. The molecule has 4 nitrogen and oxygen atoms in total. The topological polar surface area (TPSA) is 46.5 Å². The first-order chi connectivity index (χ1) is 31.7. The van der Waals surface area contributed by atoms with E-state index < -0.39 is 0 Å². The van der Waals surface area contributed by atoms with E-state index in [2.05, 4.69) is 239 Å². The Morgan fingerprint density at radius 1 is 0.297 bits per heavy atom. The maximum Gasteiger partial charge on any atom is 0.104 e. The van der Waals surface area contributed by atoms with E-state index in [-0.39, 0.29) is 0 Å². The molecular formula is C60H38N4.